The third-order valence-electron chi connectivity index (χ3n) is 5.94. The minimum atomic E-state index is 0.490. The highest BCUT2D eigenvalue weighted by Crippen LogP contribution is 2.28. The average Bonchev–Trinajstić information content (AvgIpc) is 3.31. The zero-order valence-electron chi connectivity index (χ0n) is 20.3. The van der Waals surface area contributed by atoms with E-state index in [1.165, 1.54) is 0 Å². The first-order valence-corrected chi connectivity index (χ1v) is 11.6. The lowest BCUT2D eigenvalue weighted by atomic mass is 10.1. The van der Waals surface area contributed by atoms with Crippen LogP contribution in [0.4, 0.5) is 5.69 Å². The van der Waals surface area contributed by atoms with E-state index in [9.17, 15) is 4.79 Å². The lowest BCUT2D eigenvalue weighted by Gasteiger charge is -2.20. The number of aliphatic imine (C=N–C) groups is 1. The maximum atomic E-state index is 12.2. The highest BCUT2D eigenvalue weighted by atomic mass is 16.5. The fourth-order valence-electron chi connectivity index (χ4n) is 3.97. The number of fused-ring (bicyclic) bond motifs is 1. The van der Waals surface area contributed by atoms with Crippen LogP contribution in [0.25, 0.3) is 11.0 Å². The Balaban J connectivity index is 1.56. The number of nitrogens with zero attached hydrogens (tertiary/aromatic N) is 3. The Morgan fingerprint density at radius 1 is 1.00 bits per heavy atom. The summed E-state index contributed by atoms with van der Waals surface area (Å²) in [4.78, 5) is 26.8. The van der Waals surface area contributed by atoms with Gasteiger partial charge in [0.1, 0.15) is 11.7 Å². The molecule has 1 amide bonds. The molecule has 0 saturated heterocycles. The predicted molar refractivity (Wildman–Crippen MR) is 139 cm³/mol. The summed E-state index contributed by atoms with van der Waals surface area (Å²) in [5.41, 5.74) is 4.88. The number of nitrogens with one attached hydrogen (secondary N) is 1. The highest BCUT2D eigenvalue weighted by Gasteiger charge is 2.14. The van der Waals surface area contributed by atoms with Crippen molar-refractivity contribution in [3.63, 3.8) is 0 Å². The molecule has 4 aromatic rings. The largest absolute Gasteiger partial charge is 0.493 e. The summed E-state index contributed by atoms with van der Waals surface area (Å²) in [5, 5.41) is 0. The molecule has 0 atom stereocenters. The molecule has 0 aliphatic rings. The lowest BCUT2D eigenvalue weighted by molar-refractivity contribution is -0.114. The van der Waals surface area contributed by atoms with Crippen molar-refractivity contribution in [2.24, 2.45) is 4.99 Å². The number of ether oxygens (including phenoxy) is 2. The standard InChI is InChI=1S/C28H30N4O3/c1-20-8-4-5-9-22(20)31-28(15-14-27-29-23-10-6-7-11-24(23)30-27)32(19-33)17-16-21-12-13-25(34-2)26(18-21)35-3/h4-13,18-19H,14-17H2,1-3H3,(H,29,30). The lowest BCUT2D eigenvalue weighted by Crippen LogP contribution is -2.32. The second kappa shape index (κ2) is 11.3. The first kappa shape index (κ1) is 24.0. The first-order chi connectivity index (χ1) is 17.1. The monoisotopic (exact) mass is 470 g/mol. The van der Waals surface area contributed by atoms with Gasteiger partial charge in [0.25, 0.3) is 0 Å². The Morgan fingerprint density at radius 3 is 2.51 bits per heavy atom. The minimum absolute atomic E-state index is 0.490. The van der Waals surface area contributed by atoms with Crippen LogP contribution in [0.1, 0.15) is 23.4 Å². The molecular formula is C28H30N4O3. The van der Waals surface area contributed by atoms with Crippen LogP contribution in [0.15, 0.2) is 71.7 Å². The van der Waals surface area contributed by atoms with Crippen LogP contribution in [-0.4, -0.2) is 47.9 Å². The fraction of sp³-hybridized carbons (Fsp3) is 0.250. The molecule has 1 N–H and O–H groups in total. The van der Waals surface area contributed by atoms with Crippen LogP contribution in [0.2, 0.25) is 0 Å². The van der Waals surface area contributed by atoms with Crippen LogP contribution in [0, 0.1) is 6.92 Å². The SMILES string of the molecule is COc1ccc(CCN(C=O)C(CCc2nc3ccccc3[nH]2)=Nc2ccccc2C)cc1OC. The quantitative estimate of drug-likeness (QED) is 0.195. The summed E-state index contributed by atoms with van der Waals surface area (Å²) in [5.74, 6) is 2.92. The number of benzene rings is 3. The number of hydrogen-bond donors (Lipinski definition) is 1. The normalized spacial score (nSPS) is 11.5. The topological polar surface area (TPSA) is 79.8 Å². The molecule has 0 radical (unpaired) electrons. The molecule has 0 unspecified atom stereocenters. The molecule has 0 spiro atoms. The number of amides is 1. The van der Waals surface area contributed by atoms with Gasteiger partial charge in [-0.15, -0.1) is 0 Å². The number of H-pyrrole nitrogens is 1. The van der Waals surface area contributed by atoms with Crippen molar-refractivity contribution in [2.75, 3.05) is 20.8 Å². The molecule has 7 heteroatoms. The third kappa shape index (κ3) is 5.87. The van der Waals surface area contributed by atoms with Crippen molar-refractivity contribution in [2.45, 2.75) is 26.2 Å². The summed E-state index contributed by atoms with van der Waals surface area (Å²) < 4.78 is 10.7. The van der Waals surface area contributed by atoms with E-state index in [4.69, 9.17) is 14.5 Å². The van der Waals surface area contributed by atoms with E-state index in [2.05, 4.69) is 9.97 Å². The van der Waals surface area contributed by atoms with Gasteiger partial charge < -0.3 is 19.4 Å². The maximum Gasteiger partial charge on any atom is 0.215 e. The summed E-state index contributed by atoms with van der Waals surface area (Å²) in [7, 11) is 3.23. The smallest absolute Gasteiger partial charge is 0.215 e. The molecule has 3 aromatic carbocycles. The molecule has 7 nitrogen and oxygen atoms in total. The molecule has 35 heavy (non-hydrogen) atoms. The van der Waals surface area contributed by atoms with Crippen LogP contribution in [0.5, 0.6) is 11.5 Å². The molecule has 0 aliphatic heterocycles. The van der Waals surface area contributed by atoms with Crippen LogP contribution >= 0.6 is 0 Å². The predicted octanol–water partition coefficient (Wildman–Crippen LogP) is 5.25. The molecule has 0 fully saturated rings. The molecular weight excluding hydrogens is 440 g/mol. The van der Waals surface area contributed by atoms with E-state index in [0.717, 1.165) is 40.1 Å². The first-order valence-electron chi connectivity index (χ1n) is 11.6. The number of aromatic amines is 1. The van der Waals surface area contributed by atoms with E-state index in [1.54, 1.807) is 19.1 Å². The number of carbonyl (C=O) groups is 1. The van der Waals surface area contributed by atoms with Gasteiger partial charge in [0.05, 0.1) is 30.9 Å². The van der Waals surface area contributed by atoms with Crippen molar-refractivity contribution >= 4 is 29.0 Å². The zero-order valence-corrected chi connectivity index (χ0v) is 20.3. The Morgan fingerprint density at radius 2 is 1.77 bits per heavy atom. The third-order valence-corrected chi connectivity index (χ3v) is 5.94. The van der Waals surface area contributed by atoms with Crippen molar-refractivity contribution in [3.05, 3.63) is 83.7 Å². The summed E-state index contributed by atoms with van der Waals surface area (Å²) in [6.07, 6.45) is 2.71. The zero-order chi connectivity index (χ0) is 24.6. The number of hydrogen-bond acceptors (Lipinski definition) is 5. The van der Waals surface area contributed by atoms with Crippen molar-refractivity contribution in [1.29, 1.82) is 0 Å². The number of para-hydroxylation sites is 3. The van der Waals surface area contributed by atoms with E-state index in [1.807, 2.05) is 73.7 Å². The Bertz CT molecular complexity index is 1300. The molecule has 0 saturated carbocycles. The van der Waals surface area contributed by atoms with Gasteiger partial charge in [-0.05, 0) is 54.8 Å². The number of rotatable bonds is 10. The second-order valence-corrected chi connectivity index (χ2v) is 8.25. The van der Waals surface area contributed by atoms with Crippen molar-refractivity contribution in [1.82, 2.24) is 14.9 Å². The number of aromatic nitrogens is 2. The Labute approximate surface area is 205 Å². The number of carbonyl (C=O) groups excluding carboxylic acids is 1. The number of amidine groups is 1. The van der Waals surface area contributed by atoms with Gasteiger partial charge in [-0.3, -0.25) is 4.79 Å². The minimum Gasteiger partial charge on any atom is -0.493 e. The van der Waals surface area contributed by atoms with Gasteiger partial charge in [0, 0.05) is 19.4 Å². The van der Waals surface area contributed by atoms with Gasteiger partial charge >= 0.3 is 0 Å². The van der Waals surface area contributed by atoms with Gasteiger partial charge in [-0.25, -0.2) is 9.98 Å². The number of imidazole rings is 1. The molecule has 180 valence electrons. The molecule has 4 rings (SSSR count). The van der Waals surface area contributed by atoms with Crippen molar-refractivity contribution < 1.29 is 14.3 Å². The number of aryl methyl sites for hydroxylation is 2. The van der Waals surface area contributed by atoms with Crippen LogP contribution in [-0.2, 0) is 17.6 Å². The molecule has 1 heterocycles. The molecule has 1 aromatic heterocycles. The molecule has 0 aliphatic carbocycles. The fourth-order valence-corrected chi connectivity index (χ4v) is 3.97. The van der Waals surface area contributed by atoms with E-state index < -0.39 is 0 Å². The van der Waals surface area contributed by atoms with Crippen LogP contribution in [0.3, 0.4) is 0 Å². The molecule has 0 bridgehead atoms. The Hall–Kier alpha value is -4.13. The van der Waals surface area contributed by atoms with E-state index in [-0.39, 0.29) is 0 Å². The second-order valence-electron chi connectivity index (χ2n) is 8.25. The van der Waals surface area contributed by atoms with E-state index in [0.29, 0.717) is 43.1 Å². The average molecular weight is 471 g/mol. The summed E-state index contributed by atoms with van der Waals surface area (Å²) in [6, 6.07) is 21.7. The highest BCUT2D eigenvalue weighted by molar-refractivity contribution is 5.92. The maximum absolute atomic E-state index is 12.2. The summed E-state index contributed by atoms with van der Waals surface area (Å²) in [6.45, 7) is 2.51. The van der Waals surface area contributed by atoms with Gasteiger partial charge in [-0.1, -0.05) is 36.4 Å². The van der Waals surface area contributed by atoms with Gasteiger partial charge in [0.2, 0.25) is 6.41 Å². The van der Waals surface area contributed by atoms with Crippen LogP contribution < -0.4 is 9.47 Å². The van der Waals surface area contributed by atoms with Gasteiger partial charge in [0.15, 0.2) is 11.5 Å². The van der Waals surface area contributed by atoms with E-state index >= 15 is 0 Å². The number of methoxy groups -OCH3 is 2. The van der Waals surface area contributed by atoms with Crippen molar-refractivity contribution in [3.8, 4) is 11.5 Å². The Kier molecular flexibility index (Phi) is 7.77. The summed E-state index contributed by atoms with van der Waals surface area (Å²) >= 11 is 0. The van der Waals surface area contributed by atoms with Gasteiger partial charge in [-0.2, -0.15) is 0 Å².